The summed E-state index contributed by atoms with van der Waals surface area (Å²) in [7, 11) is -3.50. The zero-order chi connectivity index (χ0) is 32.9. The van der Waals surface area contributed by atoms with Crippen LogP contribution in [0.1, 0.15) is 45.9 Å². The zero-order valence-corrected chi connectivity index (χ0v) is 26.2. The Morgan fingerprint density at radius 2 is 2.00 bits per heavy atom. The molecule has 1 saturated heterocycles. The number of carbonyl (C=O) groups is 2. The maximum Gasteiger partial charge on any atom is 0.527 e. The van der Waals surface area contributed by atoms with Gasteiger partial charge in [0.2, 0.25) is 11.8 Å². The normalized spacial score (nSPS) is 21.7. The number of anilines is 1. The van der Waals surface area contributed by atoms with E-state index in [0.29, 0.717) is 12.2 Å². The summed E-state index contributed by atoms with van der Waals surface area (Å²) in [5.74, 6) is -0.614. The lowest BCUT2D eigenvalue weighted by molar-refractivity contribution is -0.149. The van der Waals surface area contributed by atoms with Gasteiger partial charge < -0.3 is 34.5 Å². The van der Waals surface area contributed by atoms with Crippen LogP contribution in [0.3, 0.4) is 0 Å². The van der Waals surface area contributed by atoms with E-state index in [9.17, 15) is 19.0 Å². The molecule has 246 valence electrons. The van der Waals surface area contributed by atoms with E-state index in [1.54, 1.807) is 20.8 Å². The summed E-state index contributed by atoms with van der Waals surface area (Å²) in [6, 6.07) is 4.81. The number of nitrogens with two attached hydrogens (primary N) is 1. The minimum Gasteiger partial charge on any atom is -0.476 e. The fraction of sp³-hybridized carbons (Fsp3) is 0.519. The molecule has 18 heteroatoms. The van der Waals surface area contributed by atoms with E-state index >= 15 is 4.39 Å². The van der Waals surface area contributed by atoms with E-state index in [2.05, 4.69) is 25.0 Å². The Bertz CT molecular complexity index is 1550. The molecule has 0 aliphatic carbocycles. The van der Waals surface area contributed by atoms with E-state index in [1.807, 2.05) is 0 Å². The predicted molar refractivity (Wildman–Crippen MR) is 156 cm³/mol. The number of nitrogens with zero attached hydrogens (tertiary/aromatic N) is 4. The largest absolute Gasteiger partial charge is 0.527 e. The molecule has 0 bridgehead atoms. The number of nitrogen functional groups attached to an aromatic ring is 1. The van der Waals surface area contributed by atoms with E-state index in [4.69, 9.17) is 29.0 Å². The third-order valence-corrected chi connectivity index (χ3v) is 7.44. The van der Waals surface area contributed by atoms with Crippen molar-refractivity contribution >= 4 is 37.0 Å². The molecule has 0 spiro atoms. The average Bonchev–Trinajstić information content (AvgIpc) is 3.51. The molecule has 1 aliphatic rings. The average molecular weight is 655 g/mol. The SMILES string of the molecule is CCOc1nc(N)nc2c1ncn2[C@@H]1O[C@H](COP(=O)(O)Oc2ccc(C[C@H](NC(=O)OC)C(=O)OC(C)C)cc2)C[C@@]1(C)F. The van der Waals surface area contributed by atoms with Gasteiger partial charge in [-0.25, -0.2) is 23.5 Å². The van der Waals surface area contributed by atoms with Crippen LogP contribution in [0.5, 0.6) is 11.6 Å². The highest BCUT2D eigenvalue weighted by Crippen LogP contribution is 2.47. The molecular weight excluding hydrogens is 618 g/mol. The molecule has 45 heavy (non-hydrogen) atoms. The van der Waals surface area contributed by atoms with Crippen molar-refractivity contribution in [2.75, 3.05) is 26.1 Å². The van der Waals surface area contributed by atoms with Gasteiger partial charge >= 0.3 is 19.9 Å². The van der Waals surface area contributed by atoms with E-state index < -0.39 is 56.6 Å². The van der Waals surface area contributed by atoms with Crippen molar-refractivity contribution in [2.24, 2.45) is 0 Å². The number of phosphoric acid groups is 1. The first-order valence-corrected chi connectivity index (χ1v) is 15.5. The molecular formula is C27H36FN6O10P. The number of amides is 1. The predicted octanol–water partition coefficient (Wildman–Crippen LogP) is 3.24. The van der Waals surface area contributed by atoms with Crippen molar-refractivity contribution < 1.29 is 51.4 Å². The van der Waals surface area contributed by atoms with Crippen LogP contribution in [0.25, 0.3) is 11.2 Å². The van der Waals surface area contributed by atoms with E-state index in [1.165, 1.54) is 49.2 Å². The lowest BCUT2D eigenvalue weighted by Crippen LogP contribution is -2.44. The molecule has 5 atom stereocenters. The van der Waals surface area contributed by atoms with Crippen LogP contribution in [0, 0.1) is 0 Å². The van der Waals surface area contributed by atoms with Crippen LogP contribution in [-0.4, -0.2) is 80.7 Å². The number of esters is 1. The molecule has 1 unspecified atom stereocenters. The first-order chi connectivity index (χ1) is 21.2. The van der Waals surface area contributed by atoms with Gasteiger partial charge in [0.15, 0.2) is 23.1 Å². The van der Waals surface area contributed by atoms with E-state index in [0.717, 1.165) is 0 Å². The van der Waals surface area contributed by atoms with Gasteiger partial charge in [-0.15, -0.1) is 0 Å². The monoisotopic (exact) mass is 654 g/mol. The quantitative estimate of drug-likeness (QED) is 0.179. The number of imidazole rings is 1. The van der Waals surface area contributed by atoms with E-state index in [-0.39, 0.29) is 41.6 Å². The molecule has 16 nitrogen and oxygen atoms in total. The highest BCUT2D eigenvalue weighted by Gasteiger charge is 2.48. The summed E-state index contributed by atoms with van der Waals surface area (Å²) in [5, 5.41) is 2.42. The molecule has 0 saturated carbocycles. The molecule has 4 rings (SSSR count). The smallest absolute Gasteiger partial charge is 0.476 e. The molecule has 3 heterocycles. The van der Waals surface area contributed by atoms with Gasteiger partial charge in [-0.1, -0.05) is 12.1 Å². The van der Waals surface area contributed by atoms with Crippen molar-refractivity contribution in [3.05, 3.63) is 36.2 Å². The number of hydrogen-bond donors (Lipinski definition) is 3. The number of carbonyl (C=O) groups excluding carboxylic acids is 2. The summed E-state index contributed by atoms with van der Waals surface area (Å²) in [6.07, 6.45) is -2.14. The molecule has 1 fully saturated rings. The number of hydrogen-bond acceptors (Lipinski definition) is 13. The lowest BCUT2D eigenvalue weighted by atomic mass is 10.0. The van der Waals surface area contributed by atoms with Crippen LogP contribution in [-0.2, 0) is 34.5 Å². The van der Waals surface area contributed by atoms with Gasteiger partial charge in [-0.2, -0.15) is 9.97 Å². The van der Waals surface area contributed by atoms with Gasteiger partial charge in [0.25, 0.3) is 0 Å². The zero-order valence-electron chi connectivity index (χ0n) is 25.3. The second-order valence-electron chi connectivity index (χ2n) is 10.6. The Hall–Kier alpha value is -4.05. The number of halogens is 1. The van der Waals surface area contributed by atoms with Crippen LogP contribution in [0.15, 0.2) is 30.6 Å². The standard InChI is InChI=1S/C27H36FN6O10P/c1-6-40-22-20-21(32-25(29)33-22)34(14-30-20)24-27(4,28)12-18(43-24)13-41-45(37,38)44-17-9-7-16(8-10-17)11-19(31-26(36)39-5)23(35)42-15(2)3/h7-10,14-15,18-19,24H,6,11-13H2,1-5H3,(H,31,36)(H,37,38)(H2,29,32,33)/t18-,19-,24+,27+/m0/s1. The maximum atomic E-state index is 15.7. The molecule has 4 N–H and O–H groups in total. The van der Waals surface area contributed by atoms with Crippen LogP contribution < -0.4 is 20.3 Å². The Morgan fingerprint density at radius 1 is 1.29 bits per heavy atom. The van der Waals surface area contributed by atoms with Crippen LogP contribution >= 0.6 is 7.82 Å². The van der Waals surface area contributed by atoms with Gasteiger partial charge in [-0.3, -0.25) is 14.0 Å². The Kier molecular flexibility index (Phi) is 10.5. The highest BCUT2D eigenvalue weighted by atomic mass is 31.2. The summed E-state index contributed by atoms with van der Waals surface area (Å²) in [5.41, 5.74) is 4.92. The minimum absolute atomic E-state index is 0.0142. The van der Waals surface area contributed by atoms with Gasteiger partial charge in [0, 0.05) is 12.8 Å². The number of ether oxygens (including phenoxy) is 4. The molecule has 1 amide bonds. The van der Waals surface area contributed by atoms with Crippen LogP contribution in [0.4, 0.5) is 15.1 Å². The number of phosphoric ester groups is 1. The fourth-order valence-corrected chi connectivity index (χ4v) is 5.45. The first kappa shape index (κ1) is 33.8. The summed E-state index contributed by atoms with van der Waals surface area (Å²) in [6.45, 7) is 6.27. The van der Waals surface area contributed by atoms with Crippen molar-refractivity contribution in [3.63, 3.8) is 0 Å². The highest BCUT2D eigenvalue weighted by molar-refractivity contribution is 7.47. The maximum absolute atomic E-state index is 15.7. The van der Waals surface area contributed by atoms with Crippen molar-refractivity contribution in [1.29, 1.82) is 0 Å². The Balaban J connectivity index is 1.37. The fourth-order valence-electron chi connectivity index (χ4n) is 4.66. The minimum atomic E-state index is -4.67. The number of alkyl carbamates (subject to hydrolysis) is 1. The second-order valence-corrected chi connectivity index (χ2v) is 12.0. The van der Waals surface area contributed by atoms with Gasteiger partial charge in [0.1, 0.15) is 11.8 Å². The Labute approximate surface area is 257 Å². The molecule has 1 aromatic carbocycles. The van der Waals surface area contributed by atoms with Gasteiger partial charge in [-0.05, 0) is 45.4 Å². The van der Waals surface area contributed by atoms with Crippen molar-refractivity contribution in [3.8, 4) is 11.6 Å². The van der Waals surface area contributed by atoms with Crippen molar-refractivity contribution in [1.82, 2.24) is 24.8 Å². The number of fused-ring (bicyclic) bond motifs is 1. The lowest BCUT2D eigenvalue weighted by Gasteiger charge is -2.22. The molecule has 1 aliphatic heterocycles. The third-order valence-electron chi connectivity index (χ3n) is 6.52. The van der Waals surface area contributed by atoms with Crippen molar-refractivity contribution in [2.45, 2.75) is 70.7 Å². The second kappa shape index (κ2) is 13.9. The first-order valence-electron chi connectivity index (χ1n) is 14.0. The topological polar surface area (TPSA) is 208 Å². The number of alkyl halides is 1. The summed E-state index contributed by atoms with van der Waals surface area (Å²) in [4.78, 5) is 46.9. The number of nitrogens with one attached hydrogen (secondary N) is 1. The third kappa shape index (κ3) is 8.57. The molecule has 2 aromatic heterocycles. The number of benzene rings is 1. The number of methoxy groups -OCH3 is 1. The number of aromatic nitrogens is 4. The van der Waals surface area contributed by atoms with Crippen LogP contribution in [0.2, 0.25) is 0 Å². The Morgan fingerprint density at radius 3 is 2.64 bits per heavy atom. The molecule has 0 radical (unpaired) electrons. The number of rotatable bonds is 13. The molecule has 3 aromatic rings. The summed E-state index contributed by atoms with van der Waals surface area (Å²) < 4.78 is 61.2. The van der Waals surface area contributed by atoms with Gasteiger partial charge in [0.05, 0.1) is 38.9 Å². The summed E-state index contributed by atoms with van der Waals surface area (Å²) >= 11 is 0.